The molecule has 2 aromatic rings. The predicted molar refractivity (Wildman–Crippen MR) is 60.5 cm³/mol. The van der Waals surface area contributed by atoms with E-state index in [1.807, 2.05) is 0 Å². The third-order valence-corrected chi connectivity index (χ3v) is 2.50. The maximum Gasteiger partial charge on any atom is 0.330 e. The van der Waals surface area contributed by atoms with Crippen LogP contribution >= 0.6 is 0 Å². The maximum atomic E-state index is 12.0. The van der Waals surface area contributed by atoms with E-state index in [-0.39, 0.29) is 5.56 Å². The molecule has 0 aliphatic rings. The van der Waals surface area contributed by atoms with Crippen molar-refractivity contribution < 1.29 is 9.53 Å². The number of nitrogens with zero attached hydrogens (tertiary/aromatic N) is 3. The lowest BCUT2D eigenvalue weighted by molar-refractivity contribution is -0.144. The van der Waals surface area contributed by atoms with E-state index in [1.54, 1.807) is 24.3 Å². The number of aromatic nitrogens is 3. The first-order valence-corrected chi connectivity index (χ1v) is 5.07. The van der Waals surface area contributed by atoms with Crippen LogP contribution < -0.4 is 5.56 Å². The molecule has 0 amide bonds. The van der Waals surface area contributed by atoms with Gasteiger partial charge >= 0.3 is 5.97 Å². The van der Waals surface area contributed by atoms with Gasteiger partial charge in [0.15, 0.2) is 6.04 Å². The van der Waals surface area contributed by atoms with Crippen LogP contribution in [0.15, 0.2) is 29.1 Å². The Balaban J connectivity index is 2.61. The molecule has 1 aromatic carbocycles. The van der Waals surface area contributed by atoms with Gasteiger partial charge in [0.2, 0.25) is 0 Å². The normalized spacial score (nSPS) is 12.4. The summed E-state index contributed by atoms with van der Waals surface area (Å²) in [5.41, 5.74) is 0.152. The van der Waals surface area contributed by atoms with Gasteiger partial charge in [-0.25, -0.2) is 4.79 Å². The highest BCUT2D eigenvalue weighted by atomic mass is 16.5. The molecule has 88 valence electrons. The third-order valence-electron chi connectivity index (χ3n) is 2.50. The van der Waals surface area contributed by atoms with Crippen molar-refractivity contribution in [2.75, 3.05) is 7.11 Å². The average Bonchev–Trinajstić information content (AvgIpc) is 2.38. The lowest BCUT2D eigenvalue weighted by atomic mass is 10.2. The Bertz CT molecular complexity index is 621. The number of benzene rings is 1. The van der Waals surface area contributed by atoms with Gasteiger partial charge in [0, 0.05) is 0 Å². The van der Waals surface area contributed by atoms with Gasteiger partial charge in [-0.1, -0.05) is 17.3 Å². The molecule has 6 nitrogen and oxygen atoms in total. The Morgan fingerprint density at radius 3 is 2.82 bits per heavy atom. The lowest BCUT2D eigenvalue weighted by Gasteiger charge is -2.10. The molecule has 0 fully saturated rings. The van der Waals surface area contributed by atoms with E-state index >= 15 is 0 Å². The van der Waals surface area contributed by atoms with Crippen molar-refractivity contribution in [3.8, 4) is 0 Å². The number of carbonyl (C=O) groups is 1. The van der Waals surface area contributed by atoms with Gasteiger partial charge in [0.05, 0.1) is 12.5 Å². The minimum atomic E-state index is -0.787. The molecule has 0 aliphatic carbocycles. The van der Waals surface area contributed by atoms with Gasteiger partial charge in [0.25, 0.3) is 5.56 Å². The summed E-state index contributed by atoms with van der Waals surface area (Å²) in [5.74, 6) is -0.531. The lowest BCUT2D eigenvalue weighted by Crippen LogP contribution is -2.31. The maximum absolute atomic E-state index is 12.0. The van der Waals surface area contributed by atoms with Crippen LogP contribution in [0, 0.1) is 0 Å². The molecule has 0 saturated carbocycles. The van der Waals surface area contributed by atoms with Gasteiger partial charge in [-0.2, -0.15) is 4.68 Å². The highest BCUT2D eigenvalue weighted by molar-refractivity contribution is 5.77. The molecule has 1 heterocycles. The molecule has 6 heteroatoms. The van der Waals surface area contributed by atoms with Crippen molar-refractivity contribution in [1.29, 1.82) is 0 Å². The summed E-state index contributed by atoms with van der Waals surface area (Å²) in [5, 5.41) is 8.04. The summed E-state index contributed by atoms with van der Waals surface area (Å²) in [6.07, 6.45) is 0. The smallest absolute Gasteiger partial charge is 0.330 e. The molecule has 0 spiro atoms. The number of carbonyl (C=O) groups excluding carboxylic acids is 1. The van der Waals surface area contributed by atoms with Crippen molar-refractivity contribution in [3.63, 3.8) is 0 Å². The molecule has 0 saturated heterocycles. The first-order valence-electron chi connectivity index (χ1n) is 5.07. The standard InChI is InChI=1S/C11H11N3O3/c1-7(11(16)17-2)14-10(15)8-5-3-4-6-9(8)12-13-14/h3-7H,1-2H3/t7-/m1/s1. The number of ether oxygens (including phenoxy) is 1. The van der Waals surface area contributed by atoms with Crippen molar-refractivity contribution in [2.45, 2.75) is 13.0 Å². The van der Waals surface area contributed by atoms with Crippen LogP contribution in [0.25, 0.3) is 10.9 Å². The average molecular weight is 233 g/mol. The molecule has 0 N–H and O–H groups in total. The summed E-state index contributed by atoms with van der Waals surface area (Å²) >= 11 is 0. The number of rotatable bonds is 2. The largest absolute Gasteiger partial charge is 0.467 e. The Hall–Kier alpha value is -2.24. The fourth-order valence-electron chi connectivity index (χ4n) is 1.53. The van der Waals surface area contributed by atoms with Crippen molar-refractivity contribution in [1.82, 2.24) is 15.0 Å². The number of fused-ring (bicyclic) bond motifs is 1. The molecule has 0 aliphatic heterocycles. The van der Waals surface area contributed by atoms with Gasteiger partial charge in [0.1, 0.15) is 5.52 Å². The third kappa shape index (κ3) is 1.89. The van der Waals surface area contributed by atoms with E-state index in [1.165, 1.54) is 14.0 Å². The number of esters is 1. The summed E-state index contributed by atoms with van der Waals surface area (Å²) in [4.78, 5) is 23.4. The molecular weight excluding hydrogens is 222 g/mol. The topological polar surface area (TPSA) is 74.1 Å². The number of methoxy groups -OCH3 is 1. The first-order chi connectivity index (χ1) is 8.15. The molecule has 0 unspecified atom stereocenters. The van der Waals surface area contributed by atoms with Crippen molar-refractivity contribution in [2.24, 2.45) is 0 Å². The SMILES string of the molecule is COC(=O)[C@@H](C)n1nnc2ccccc2c1=O. The van der Waals surface area contributed by atoms with Gasteiger partial charge in [-0.05, 0) is 19.1 Å². The van der Waals surface area contributed by atoms with Gasteiger partial charge in [-0.3, -0.25) is 4.79 Å². The molecule has 17 heavy (non-hydrogen) atoms. The molecule has 1 aromatic heterocycles. The zero-order valence-corrected chi connectivity index (χ0v) is 9.45. The van der Waals surface area contributed by atoms with E-state index in [2.05, 4.69) is 15.0 Å². The van der Waals surface area contributed by atoms with Crippen LogP contribution in [0.3, 0.4) is 0 Å². The van der Waals surface area contributed by atoms with Crippen molar-refractivity contribution in [3.05, 3.63) is 34.6 Å². The van der Waals surface area contributed by atoms with Crippen molar-refractivity contribution >= 4 is 16.9 Å². The molecular formula is C11H11N3O3. The van der Waals surface area contributed by atoms with E-state index < -0.39 is 12.0 Å². The second-order valence-corrected chi connectivity index (χ2v) is 3.56. The first kappa shape index (κ1) is 11.3. The van der Waals surface area contributed by atoms with E-state index in [0.717, 1.165) is 4.68 Å². The fourth-order valence-corrected chi connectivity index (χ4v) is 1.53. The predicted octanol–water partition coefficient (Wildman–Crippen LogP) is 0.525. The highest BCUT2D eigenvalue weighted by Gasteiger charge is 2.19. The second kappa shape index (κ2) is 4.32. The van der Waals surface area contributed by atoms with E-state index in [0.29, 0.717) is 10.9 Å². The van der Waals surface area contributed by atoms with Crippen LogP contribution in [-0.2, 0) is 9.53 Å². The Kier molecular flexibility index (Phi) is 2.86. The summed E-state index contributed by atoms with van der Waals surface area (Å²) < 4.78 is 5.59. The second-order valence-electron chi connectivity index (χ2n) is 3.56. The highest BCUT2D eigenvalue weighted by Crippen LogP contribution is 2.07. The van der Waals surface area contributed by atoms with E-state index in [4.69, 9.17) is 0 Å². The molecule has 0 bridgehead atoms. The Morgan fingerprint density at radius 2 is 2.12 bits per heavy atom. The van der Waals surface area contributed by atoms with E-state index in [9.17, 15) is 9.59 Å². The monoisotopic (exact) mass is 233 g/mol. The minimum absolute atomic E-state index is 0.353. The summed E-state index contributed by atoms with van der Waals surface area (Å²) in [6, 6.07) is 6.05. The van der Waals surface area contributed by atoms with Crippen LogP contribution in [0.5, 0.6) is 0 Å². The van der Waals surface area contributed by atoms with Crippen LogP contribution in [-0.4, -0.2) is 28.1 Å². The number of hydrogen-bond acceptors (Lipinski definition) is 5. The zero-order valence-electron chi connectivity index (χ0n) is 9.45. The number of hydrogen-bond donors (Lipinski definition) is 0. The molecule has 2 rings (SSSR count). The van der Waals surface area contributed by atoms with Gasteiger partial charge < -0.3 is 4.74 Å². The Labute approximate surface area is 96.8 Å². The molecule has 0 radical (unpaired) electrons. The van der Waals surface area contributed by atoms with Gasteiger partial charge in [-0.15, -0.1) is 5.10 Å². The fraction of sp³-hybridized carbons (Fsp3) is 0.273. The Morgan fingerprint density at radius 1 is 1.41 bits per heavy atom. The zero-order chi connectivity index (χ0) is 12.4. The quantitative estimate of drug-likeness (QED) is 0.707. The van der Waals surface area contributed by atoms with Crippen LogP contribution in [0.1, 0.15) is 13.0 Å². The summed E-state index contributed by atoms with van der Waals surface area (Å²) in [6.45, 7) is 1.54. The minimum Gasteiger partial charge on any atom is -0.467 e. The van der Waals surface area contributed by atoms with Crippen LogP contribution in [0.4, 0.5) is 0 Å². The summed E-state index contributed by atoms with van der Waals surface area (Å²) in [7, 11) is 1.26. The van der Waals surface area contributed by atoms with Crippen LogP contribution in [0.2, 0.25) is 0 Å². The molecule has 1 atom stereocenters.